The first-order valence-corrected chi connectivity index (χ1v) is 7.87. The maximum absolute atomic E-state index is 12.4. The zero-order chi connectivity index (χ0) is 13.9. The van der Waals surface area contributed by atoms with Gasteiger partial charge in [-0.25, -0.2) is 13.2 Å². The lowest BCUT2D eigenvalue weighted by molar-refractivity contribution is 0.0691. The first kappa shape index (κ1) is 14.1. The summed E-state index contributed by atoms with van der Waals surface area (Å²) in [6, 6.07) is 1.18. The van der Waals surface area contributed by atoms with Gasteiger partial charge in [-0.3, -0.25) is 0 Å². The van der Waals surface area contributed by atoms with E-state index in [0.717, 1.165) is 32.1 Å². The van der Waals surface area contributed by atoms with Crippen LogP contribution < -0.4 is 0 Å². The molecule has 0 unspecified atom stereocenters. The molecule has 2 N–H and O–H groups in total. The molecule has 1 fully saturated rings. The van der Waals surface area contributed by atoms with Crippen molar-refractivity contribution in [2.45, 2.75) is 37.0 Å². The van der Waals surface area contributed by atoms with E-state index in [1.165, 1.54) is 16.6 Å². The minimum absolute atomic E-state index is 0.0328. The minimum Gasteiger partial charge on any atom is -0.477 e. The smallest absolute Gasteiger partial charge is 0.352 e. The van der Waals surface area contributed by atoms with Gasteiger partial charge in [0.25, 0.3) is 0 Å². The fourth-order valence-corrected chi connectivity index (χ4v) is 3.77. The van der Waals surface area contributed by atoms with E-state index >= 15 is 0 Å². The van der Waals surface area contributed by atoms with Gasteiger partial charge in [0.1, 0.15) is 10.6 Å². The summed E-state index contributed by atoms with van der Waals surface area (Å²) in [7, 11) is -3.58. The number of carboxylic acids is 1. The number of aromatic amines is 1. The number of nitrogens with zero attached hydrogens (tertiary/aromatic N) is 1. The molecule has 0 aliphatic carbocycles. The molecule has 1 aliphatic heterocycles. The Kier molecular flexibility index (Phi) is 4.26. The van der Waals surface area contributed by atoms with Gasteiger partial charge in [-0.05, 0) is 18.9 Å². The van der Waals surface area contributed by atoms with E-state index in [0.29, 0.717) is 13.1 Å². The summed E-state index contributed by atoms with van der Waals surface area (Å²) >= 11 is 0. The van der Waals surface area contributed by atoms with E-state index in [1.54, 1.807) is 0 Å². The quantitative estimate of drug-likeness (QED) is 0.884. The predicted molar refractivity (Wildman–Crippen MR) is 69.6 cm³/mol. The molecule has 1 aromatic heterocycles. The molecule has 2 heterocycles. The number of hydrogen-bond acceptors (Lipinski definition) is 3. The summed E-state index contributed by atoms with van der Waals surface area (Å²) in [6.45, 7) is 1.02. The number of H-pyrrole nitrogens is 1. The summed E-state index contributed by atoms with van der Waals surface area (Å²) in [5.74, 6) is -1.16. The molecular formula is C12H18N2O4S. The molecule has 2 rings (SSSR count). The van der Waals surface area contributed by atoms with Gasteiger partial charge in [0.05, 0.1) is 0 Å². The molecular weight excluding hydrogens is 268 g/mol. The largest absolute Gasteiger partial charge is 0.477 e. The molecule has 0 bridgehead atoms. The van der Waals surface area contributed by atoms with E-state index in [1.807, 2.05) is 0 Å². The Balaban J connectivity index is 2.21. The maximum atomic E-state index is 12.4. The van der Waals surface area contributed by atoms with Crippen molar-refractivity contribution in [3.63, 3.8) is 0 Å². The van der Waals surface area contributed by atoms with Gasteiger partial charge in [0, 0.05) is 19.3 Å². The number of aromatic carboxylic acids is 1. The molecule has 1 aliphatic rings. The molecule has 0 radical (unpaired) electrons. The lowest BCUT2D eigenvalue weighted by Gasteiger charge is -2.23. The van der Waals surface area contributed by atoms with Gasteiger partial charge in [-0.2, -0.15) is 4.31 Å². The zero-order valence-electron chi connectivity index (χ0n) is 10.6. The Morgan fingerprint density at radius 2 is 1.74 bits per heavy atom. The van der Waals surface area contributed by atoms with Crippen LogP contribution in [0.4, 0.5) is 0 Å². The highest BCUT2D eigenvalue weighted by Crippen LogP contribution is 2.20. The average molecular weight is 286 g/mol. The monoisotopic (exact) mass is 286 g/mol. The summed E-state index contributed by atoms with van der Waals surface area (Å²) < 4.78 is 26.3. The third-order valence-electron chi connectivity index (χ3n) is 3.34. The van der Waals surface area contributed by atoms with Crippen LogP contribution in [0.5, 0.6) is 0 Å². The Morgan fingerprint density at radius 3 is 2.26 bits per heavy atom. The lowest BCUT2D eigenvalue weighted by atomic mass is 10.1. The highest BCUT2D eigenvalue weighted by Gasteiger charge is 2.26. The van der Waals surface area contributed by atoms with Gasteiger partial charge >= 0.3 is 5.97 Å². The number of rotatable bonds is 3. The molecule has 1 aromatic rings. The lowest BCUT2D eigenvalue weighted by Crippen LogP contribution is -2.33. The van der Waals surface area contributed by atoms with Gasteiger partial charge in [0.2, 0.25) is 10.0 Å². The van der Waals surface area contributed by atoms with Crippen LogP contribution in [0, 0.1) is 0 Å². The van der Waals surface area contributed by atoms with E-state index < -0.39 is 16.0 Å². The van der Waals surface area contributed by atoms with Crippen LogP contribution in [0.1, 0.15) is 42.6 Å². The third-order valence-corrected chi connectivity index (χ3v) is 5.22. The average Bonchev–Trinajstić information content (AvgIpc) is 2.77. The van der Waals surface area contributed by atoms with Crippen molar-refractivity contribution < 1.29 is 18.3 Å². The van der Waals surface area contributed by atoms with Crippen LogP contribution >= 0.6 is 0 Å². The SMILES string of the molecule is O=C(O)c1cc(S(=O)(=O)N2CCCCCCC2)c[nH]1. The Hall–Kier alpha value is -1.34. The fraction of sp³-hybridized carbons (Fsp3) is 0.583. The molecule has 7 heteroatoms. The molecule has 0 atom stereocenters. The maximum Gasteiger partial charge on any atom is 0.352 e. The number of carbonyl (C=O) groups is 1. The molecule has 0 aromatic carbocycles. The van der Waals surface area contributed by atoms with Crippen molar-refractivity contribution in [1.29, 1.82) is 0 Å². The minimum atomic E-state index is -3.58. The van der Waals surface area contributed by atoms with Gasteiger partial charge in [0.15, 0.2) is 0 Å². The second-order valence-electron chi connectivity index (χ2n) is 4.73. The van der Waals surface area contributed by atoms with E-state index in [2.05, 4.69) is 4.98 Å². The van der Waals surface area contributed by atoms with Crippen LogP contribution in [0.2, 0.25) is 0 Å². The highest BCUT2D eigenvalue weighted by molar-refractivity contribution is 7.89. The van der Waals surface area contributed by atoms with Crippen molar-refractivity contribution in [1.82, 2.24) is 9.29 Å². The second kappa shape index (κ2) is 5.75. The van der Waals surface area contributed by atoms with Crippen molar-refractivity contribution in [3.8, 4) is 0 Å². The summed E-state index contributed by atoms with van der Waals surface area (Å²) in [5.41, 5.74) is -0.106. The molecule has 0 spiro atoms. The Morgan fingerprint density at radius 1 is 1.16 bits per heavy atom. The molecule has 6 nitrogen and oxygen atoms in total. The van der Waals surface area contributed by atoms with Gasteiger partial charge in [-0.15, -0.1) is 0 Å². The number of carboxylic acid groups (broad SMARTS) is 1. The number of nitrogens with one attached hydrogen (secondary N) is 1. The van der Waals surface area contributed by atoms with Crippen LogP contribution in [-0.2, 0) is 10.0 Å². The fourth-order valence-electron chi connectivity index (χ4n) is 2.25. The first-order chi connectivity index (χ1) is 9.01. The van der Waals surface area contributed by atoms with Crippen molar-refractivity contribution >= 4 is 16.0 Å². The number of sulfonamides is 1. The van der Waals surface area contributed by atoms with Crippen LogP contribution in [0.15, 0.2) is 17.2 Å². The predicted octanol–water partition coefficient (Wildman–Crippen LogP) is 1.67. The third kappa shape index (κ3) is 3.16. The van der Waals surface area contributed by atoms with Gasteiger partial charge < -0.3 is 10.1 Å². The number of aromatic nitrogens is 1. The van der Waals surface area contributed by atoms with E-state index in [9.17, 15) is 13.2 Å². The topological polar surface area (TPSA) is 90.5 Å². The zero-order valence-corrected chi connectivity index (χ0v) is 11.4. The van der Waals surface area contributed by atoms with Crippen molar-refractivity contribution in [2.24, 2.45) is 0 Å². The van der Waals surface area contributed by atoms with Gasteiger partial charge in [-0.1, -0.05) is 19.3 Å². The van der Waals surface area contributed by atoms with Crippen LogP contribution in [-0.4, -0.2) is 41.9 Å². The van der Waals surface area contributed by atoms with Crippen LogP contribution in [0.25, 0.3) is 0 Å². The Bertz CT molecular complexity index is 542. The summed E-state index contributed by atoms with van der Waals surface area (Å²) in [4.78, 5) is 13.3. The highest BCUT2D eigenvalue weighted by atomic mass is 32.2. The summed E-state index contributed by atoms with van der Waals surface area (Å²) in [6.07, 6.45) is 6.20. The van der Waals surface area contributed by atoms with E-state index in [4.69, 9.17) is 5.11 Å². The number of hydrogen-bond donors (Lipinski definition) is 2. The Labute approximate surface area is 112 Å². The standard InChI is InChI=1S/C12H18N2O4S/c15-12(16)11-8-10(9-13-11)19(17,18)14-6-4-2-1-3-5-7-14/h8-9,13H,1-7H2,(H,15,16). The molecule has 0 amide bonds. The molecule has 0 saturated carbocycles. The molecule has 19 heavy (non-hydrogen) atoms. The molecule has 1 saturated heterocycles. The first-order valence-electron chi connectivity index (χ1n) is 6.43. The summed E-state index contributed by atoms with van der Waals surface area (Å²) in [5, 5.41) is 8.82. The van der Waals surface area contributed by atoms with Crippen molar-refractivity contribution in [2.75, 3.05) is 13.1 Å². The molecule has 106 valence electrons. The second-order valence-corrected chi connectivity index (χ2v) is 6.66. The van der Waals surface area contributed by atoms with Crippen LogP contribution in [0.3, 0.4) is 0 Å². The van der Waals surface area contributed by atoms with Crippen molar-refractivity contribution in [3.05, 3.63) is 18.0 Å². The van der Waals surface area contributed by atoms with E-state index in [-0.39, 0.29) is 10.6 Å². The normalized spacial score (nSPS) is 18.7.